The molecular weight excluding hydrogens is 584 g/mol. The summed E-state index contributed by atoms with van der Waals surface area (Å²) in [7, 11) is 0. The van der Waals surface area contributed by atoms with Crippen molar-refractivity contribution >= 4 is 23.2 Å². The number of carbonyl (C=O) groups excluding carboxylic acids is 1. The third-order valence-corrected chi connectivity index (χ3v) is 9.71. The van der Waals surface area contributed by atoms with Crippen LogP contribution in [-0.4, -0.2) is 57.6 Å². The van der Waals surface area contributed by atoms with E-state index in [0.717, 1.165) is 84.6 Å². The number of amides is 2. The molecular formula is C37H45ClN4O3. The number of nitrogens with one attached hydrogen (secondary N) is 1. The van der Waals surface area contributed by atoms with Gasteiger partial charge >= 0.3 is 6.03 Å². The Morgan fingerprint density at radius 2 is 1.91 bits per heavy atom. The largest absolute Gasteiger partial charge is 0.487 e. The molecule has 2 N–H and O–H groups in total. The van der Waals surface area contributed by atoms with Gasteiger partial charge in [-0.2, -0.15) is 0 Å². The summed E-state index contributed by atoms with van der Waals surface area (Å²) in [6.45, 7) is 7.26. The topological polar surface area (TPSA) is 77.9 Å². The number of nitrogens with zero attached hydrogens (tertiary/aromatic N) is 3. The molecule has 2 amide bonds. The molecule has 1 aliphatic carbocycles. The summed E-state index contributed by atoms with van der Waals surface area (Å²) in [6.07, 6.45) is 11.6. The Balaban J connectivity index is 1.18. The van der Waals surface area contributed by atoms with Crippen LogP contribution < -0.4 is 10.1 Å². The SMILES string of the molecule is CC(C)(O)c1ccc2c(c1)/C(=C\CCN1CCC(N(Cc3ccc(Cl)cc3)C(=O)NC3CCCCC3)C1)c1cccnc1CO2. The number of hydrogen-bond acceptors (Lipinski definition) is 5. The molecule has 3 aromatic rings. The van der Waals surface area contributed by atoms with Gasteiger partial charge in [0.2, 0.25) is 0 Å². The molecule has 1 saturated heterocycles. The summed E-state index contributed by atoms with van der Waals surface area (Å²) < 4.78 is 6.18. The Morgan fingerprint density at radius 1 is 1.11 bits per heavy atom. The lowest BCUT2D eigenvalue weighted by molar-refractivity contribution is 0.0785. The van der Waals surface area contributed by atoms with Crippen molar-refractivity contribution in [3.63, 3.8) is 0 Å². The summed E-state index contributed by atoms with van der Waals surface area (Å²) in [5.74, 6) is 0.801. The lowest BCUT2D eigenvalue weighted by Gasteiger charge is -2.32. The summed E-state index contributed by atoms with van der Waals surface area (Å²) in [5, 5.41) is 14.8. The summed E-state index contributed by atoms with van der Waals surface area (Å²) >= 11 is 6.16. The Bertz CT molecular complexity index is 1510. The lowest BCUT2D eigenvalue weighted by Crippen LogP contribution is -2.50. The Hall–Kier alpha value is -3.39. The first kappa shape index (κ1) is 31.6. The molecule has 0 spiro atoms. The minimum Gasteiger partial charge on any atom is -0.487 e. The lowest BCUT2D eigenvalue weighted by atomic mass is 9.90. The van der Waals surface area contributed by atoms with Crippen LogP contribution in [0.15, 0.2) is 66.9 Å². The quantitative estimate of drug-likeness (QED) is 0.274. The number of aliphatic hydroxyl groups is 1. The zero-order chi connectivity index (χ0) is 31.4. The third kappa shape index (κ3) is 7.71. The first-order valence-corrected chi connectivity index (χ1v) is 16.8. The number of ether oxygens (including phenoxy) is 1. The van der Waals surface area contributed by atoms with Gasteiger partial charge in [0.05, 0.1) is 11.3 Å². The van der Waals surface area contributed by atoms with Crippen molar-refractivity contribution < 1.29 is 14.6 Å². The van der Waals surface area contributed by atoms with Crippen molar-refractivity contribution in [3.8, 4) is 5.75 Å². The predicted octanol–water partition coefficient (Wildman–Crippen LogP) is 7.30. The number of fused-ring (bicyclic) bond motifs is 2. The molecule has 45 heavy (non-hydrogen) atoms. The number of benzene rings is 2. The number of hydrogen-bond donors (Lipinski definition) is 2. The van der Waals surface area contributed by atoms with Crippen LogP contribution in [0.25, 0.3) is 5.57 Å². The van der Waals surface area contributed by atoms with Crippen LogP contribution in [0.2, 0.25) is 5.02 Å². The van der Waals surface area contributed by atoms with Crippen LogP contribution in [0.4, 0.5) is 4.79 Å². The summed E-state index contributed by atoms with van der Waals surface area (Å²) in [5.41, 5.74) is 5.02. The number of pyridine rings is 1. The number of carbonyl (C=O) groups is 1. The molecule has 1 aromatic heterocycles. The normalized spacial score (nSPS) is 19.8. The second-order valence-electron chi connectivity index (χ2n) is 13.2. The van der Waals surface area contributed by atoms with E-state index in [2.05, 4.69) is 38.3 Å². The molecule has 2 aliphatic heterocycles. The van der Waals surface area contributed by atoms with Crippen molar-refractivity contribution in [1.82, 2.24) is 20.1 Å². The molecule has 1 saturated carbocycles. The van der Waals surface area contributed by atoms with E-state index in [1.54, 1.807) is 13.8 Å². The Kier molecular flexibility index (Phi) is 9.78. The van der Waals surface area contributed by atoms with Gasteiger partial charge in [-0.1, -0.05) is 61.2 Å². The average Bonchev–Trinajstić information content (AvgIpc) is 3.44. The van der Waals surface area contributed by atoms with Gasteiger partial charge in [0.1, 0.15) is 12.4 Å². The Labute approximate surface area is 272 Å². The van der Waals surface area contributed by atoms with E-state index in [1.165, 1.54) is 19.3 Å². The smallest absolute Gasteiger partial charge is 0.318 e. The number of urea groups is 1. The van der Waals surface area contributed by atoms with Crippen LogP contribution in [0, 0.1) is 0 Å². The van der Waals surface area contributed by atoms with E-state index in [-0.39, 0.29) is 18.1 Å². The van der Waals surface area contributed by atoms with Crippen molar-refractivity contribution in [1.29, 1.82) is 0 Å². The van der Waals surface area contributed by atoms with Gasteiger partial charge in [0, 0.05) is 60.6 Å². The van der Waals surface area contributed by atoms with E-state index < -0.39 is 5.60 Å². The molecule has 1 atom stereocenters. The molecule has 2 fully saturated rings. The molecule has 3 aliphatic rings. The fraction of sp³-hybridized carbons (Fsp3) is 0.459. The van der Waals surface area contributed by atoms with Gasteiger partial charge < -0.3 is 25.0 Å². The molecule has 238 valence electrons. The van der Waals surface area contributed by atoms with Gasteiger partial charge in [-0.05, 0) is 86.6 Å². The van der Waals surface area contributed by atoms with Gasteiger partial charge in [-0.25, -0.2) is 4.79 Å². The molecule has 6 rings (SSSR count). The molecule has 3 heterocycles. The molecule has 8 heteroatoms. The highest BCUT2D eigenvalue weighted by molar-refractivity contribution is 6.30. The third-order valence-electron chi connectivity index (χ3n) is 9.46. The first-order valence-electron chi connectivity index (χ1n) is 16.4. The second kappa shape index (κ2) is 13.9. The molecule has 0 radical (unpaired) electrons. The monoisotopic (exact) mass is 628 g/mol. The zero-order valence-electron chi connectivity index (χ0n) is 26.5. The highest BCUT2D eigenvalue weighted by Gasteiger charge is 2.32. The van der Waals surface area contributed by atoms with Gasteiger partial charge in [0.25, 0.3) is 0 Å². The fourth-order valence-corrected chi connectivity index (χ4v) is 7.00. The minimum absolute atomic E-state index is 0.0487. The zero-order valence-corrected chi connectivity index (χ0v) is 27.2. The van der Waals surface area contributed by atoms with Crippen molar-refractivity contribution in [2.75, 3.05) is 19.6 Å². The number of halogens is 1. The van der Waals surface area contributed by atoms with Crippen LogP contribution in [0.5, 0.6) is 5.75 Å². The maximum absolute atomic E-state index is 13.7. The van der Waals surface area contributed by atoms with Crippen molar-refractivity contribution in [2.45, 2.75) is 89.6 Å². The fourth-order valence-electron chi connectivity index (χ4n) is 6.88. The summed E-state index contributed by atoms with van der Waals surface area (Å²) in [6, 6.07) is 18.3. The number of aromatic nitrogens is 1. The highest BCUT2D eigenvalue weighted by atomic mass is 35.5. The van der Waals surface area contributed by atoms with Crippen molar-refractivity contribution in [2.24, 2.45) is 0 Å². The number of likely N-dealkylation sites (tertiary alicyclic amines) is 1. The maximum atomic E-state index is 13.7. The van der Waals surface area contributed by atoms with E-state index in [4.69, 9.17) is 16.3 Å². The summed E-state index contributed by atoms with van der Waals surface area (Å²) in [4.78, 5) is 22.8. The molecule has 0 bridgehead atoms. The van der Waals surface area contributed by atoms with Crippen molar-refractivity contribution in [3.05, 3.63) is 99.8 Å². The van der Waals surface area contributed by atoms with E-state index >= 15 is 0 Å². The first-order chi connectivity index (χ1) is 21.7. The Morgan fingerprint density at radius 3 is 2.69 bits per heavy atom. The van der Waals surface area contributed by atoms with Gasteiger partial charge in [-0.15, -0.1) is 0 Å². The van der Waals surface area contributed by atoms with Crippen LogP contribution >= 0.6 is 11.6 Å². The van der Waals surface area contributed by atoms with E-state index in [9.17, 15) is 9.90 Å². The molecule has 7 nitrogen and oxygen atoms in total. The van der Waals surface area contributed by atoms with Crippen LogP contribution in [-0.2, 0) is 18.8 Å². The second-order valence-corrected chi connectivity index (χ2v) is 13.7. The molecule has 1 unspecified atom stereocenters. The van der Waals surface area contributed by atoms with Gasteiger partial charge in [0.15, 0.2) is 0 Å². The standard InChI is InChI=1S/C37H45ClN4O3/c1-37(2,44)27-14-17-35-33(22-27)31(32-10-6-19-39-34(32)25-45-35)11-7-20-41-21-18-30(24-41)42(23-26-12-15-28(38)16-13-26)36(43)40-29-8-4-3-5-9-29/h6,10-17,19,22,29-30,44H,3-5,7-9,18,20-21,23-25H2,1-2H3,(H,40,43)/b31-11-. The van der Waals surface area contributed by atoms with Gasteiger partial charge in [-0.3, -0.25) is 4.98 Å². The predicted molar refractivity (Wildman–Crippen MR) is 179 cm³/mol. The average molecular weight is 629 g/mol. The number of rotatable bonds is 8. The van der Waals surface area contributed by atoms with Crippen LogP contribution in [0.1, 0.15) is 86.7 Å². The highest BCUT2D eigenvalue weighted by Crippen LogP contribution is 2.38. The van der Waals surface area contributed by atoms with E-state index in [0.29, 0.717) is 18.2 Å². The maximum Gasteiger partial charge on any atom is 0.318 e. The minimum atomic E-state index is -0.962. The molecule has 2 aromatic carbocycles. The van der Waals surface area contributed by atoms with Crippen LogP contribution in [0.3, 0.4) is 0 Å². The van der Waals surface area contributed by atoms with E-state index in [1.807, 2.05) is 48.7 Å².